The zero-order chi connectivity index (χ0) is 9.71. The molecule has 0 aromatic heterocycles. The first-order chi connectivity index (χ1) is 4.66. The molecular weight excluding hydrogens is 208 g/mol. The molecule has 0 aromatic carbocycles. The fourth-order valence-electron chi connectivity index (χ4n) is 0. The van der Waals surface area contributed by atoms with Gasteiger partial charge < -0.3 is 0 Å². The van der Waals surface area contributed by atoms with Crippen LogP contribution in [0.2, 0.25) is 0 Å². The third-order valence-corrected chi connectivity index (χ3v) is 0.877. The number of nitrogens with one attached hydrogen (secondary N) is 1. The Labute approximate surface area is 61.9 Å². The second-order valence-corrected chi connectivity index (χ2v) is 2.72. The molecule has 4 N–H and O–H groups in total. The first kappa shape index (κ1) is 13.4. The van der Waals surface area contributed by atoms with E-state index in [1.165, 1.54) is 0 Å². The summed E-state index contributed by atoms with van der Waals surface area (Å²) in [5.74, 6) is 0. The zero-order valence-corrected chi connectivity index (χ0v) is 6.54. The van der Waals surface area contributed by atoms with Gasteiger partial charge in [0.25, 0.3) is 0 Å². The number of hydrogen-bond donors (Lipinski definition) is 3. The molecule has 11 heavy (non-hydrogen) atoms. The normalized spacial score (nSPS) is 12.1. The van der Waals surface area contributed by atoms with Gasteiger partial charge in [-0.3, -0.25) is 15.2 Å². The molecule has 0 bridgehead atoms. The highest BCUT2D eigenvalue weighted by atomic mass is 32.2. The van der Waals surface area contributed by atoms with Crippen LogP contribution in [0.25, 0.3) is 0 Å². The van der Waals surface area contributed by atoms with Gasteiger partial charge in [-0.2, -0.15) is 21.6 Å². The van der Waals surface area contributed by atoms with Gasteiger partial charge in [-0.05, 0) is 0 Å². The third-order valence-electron chi connectivity index (χ3n) is 0.292. The molecule has 10 heteroatoms. The monoisotopic (exact) mass is 212 g/mol. The molecule has 5 nitrogen and oxygen atoms in total. The van der Waals surface area contributed by atoms with Crippen molar-refractivity contribution >= 4 is 18.6 Å². The minimum Gasteiger partial charge on any atom is -0.279 e. The molecule has 68 valence electrons. The van der Waals surface area contributed by atoms with Crippen molar-refractivity contribution in [3.63, 3.8) is 0 Å². The SMILES string of the molecule is N=PN.O=S(=O)(O)C(F)(F)F. The van der Waals surface area contributed by atoms with E-state index >= 15 is 0 Å². The van der Waals surface area contributed by atoms with E-state index < -0.39 is 15.6 Å². The maximum atomic E-state index is 10.7. The van der Waals surface area contributed by atoms with Gasteiger partial charge in [-0.15, -0.1) is 0 Å². The van der Waals surface area contributed by atoms with E-state index in [4.69, 9.17) is 18.1 Å². The summed E-state index contributed by atoms with van der Waals surface area (Å²) < 4.78 is 57.5. The zero-order valence-electron chi connectivity index (χ0n) is 4.83. The Hall–Kier alpha value is -0.240. The van der Waals surface area contributed by atoms with Crippen molar-refractivity contribution < 1.29 is 26.1 Å². The molecule has 0 amide bonds. The van der Waals surface area contributed by atoms with Crippen molar-refractivity contribution in [1.29, 1.82) is 5.16 Å². The van der Waals surface area contributed by atoms with Gasteiger partial charge in [0.2, 0.25) is 0 Å². The van der Waals surface area contributed by atoms with Crippen LogP contribution in [-0.4, -0.2) is 18.5 Å². The first-order valence-corrected chi connectivity index (χ1v) is 4.17. The molecule has 0 aliphatic carbocycles. The number of rotatable bonds is 0. The molecule has 0 rings (SSSR count). The predicted molar refractivity (Wildman–Crippen MR) is 31.4 cm³/mol. The second kappa shape index (κ2) is 4.60. The lowest BCUT2D eigenvalue weighted by Crippen LogP contribution is -2.21. The van der Waals surface area contributed by atoms with Crippen LogP contribution in [0.15, 0.2) is 0 Å². The van der Waals surface area contributed by atoms with Gasteiger partial charge in [0.05, 0.1) is 8.52 Å². The van der Waals surface area contributed by atoms with Gasteiger partial charge in [-0.25, -0.2) is 0 Å². The molecule has 0 heterocycles. The Bertz CT molecular complexity index is 209. The fourth-order valence-corrected chi connectivity index (χ4v) is 0. The van der Waals surface area contributed by atoms with Gasteiger partial charge >= 0.3 is 15.6 Å². The Morgan fingerprint density at radius 1 is 1.45 bits per heavy atom. The topological polar surface area (TPSA) is 104 Å². The predicted octanol–water partition coefficient (Wildman–Crippen LogP) is 0.963. The maximum Gasteiger partial charge on any atom is 0.522 e. The van der Waals surface area contributed by atoms with Crippen LogP contribution in [0.5, 0.6) is 0 Å². The summed E-state index contributed by atoms with van der Waals surface area (Å²) in [4.78, 5) is 0. The minimum atomic E-state index is -5.84. The molecular formula is CH4F3N2O3PS. The molecule has 0 unspecified atom stereocenters. The highest BCUT2D eigenvalue weighted by Gasteiger charge is 2.44. The smallest absolute Gasteiger partial charge is 0.279 e. The van der Waals surface area contributed by atoms with Crippen LogP contribution in [0.3, 0.4) is 0 Å². The van der Waals surface area contributed by atoms with E-state index in [1.54, 1.807) is 0 Å². The lowest BCUT2D eigenvalue weighted by Gasteiger charge is -1.97. The molecule has 0 saturated heterocycles. The highest BCUT2D eigenvalue weighted by Crippen LogP contribution is 2.20. The quantitative estimate of drug-likeness (QED) is 0.316. The van der Waals surface area contributed by atoms with E-state index in [2.05, 4.69) is 5.50 Å². The molecule has 0 fully saturated rings. The van der Waals surface area contributed by atoms with E-state index in [1.807, 2.05) is 0 Å². The van der Waals surface area contributed by atoms with Gasteiger partial charge in [0, 0.05) is 0 Å². The van der Waals surface area contributed by atoms with Crippen LogP contribution in [0.4, 0.5) is 13.2 Å². The van der Waals surface area contributed by atoms with Gasteiger partial charge in [-0.1, -0.05) is 0 Å². The summed E-state index contributed by atoms with van der Waals surface area (Å²) in [6.45, 7) is 0. The highest BCUT2D eigenvalue weighted by molar-refractivity contribution is 7.86. The third kappa shape index (κ3) is 7.66. The number of hydrogen-bond acceptors (Lipinski definition) is 3. The van der Waals surface area contributed by atoms with Crippen LogP contribution in [-0.2, 0) is 10.1 Å². The summed E-state index contributed by atoms with van der Waals surface area (Å²) in [7, 11) is -5.67. The molecule has 0 aromatic rings. The molecule has 0 aliphatic heterocycles. The van der Waals surface area contributed by atoms with Crippen molar-refractivity contribution in [3.05, 3.63) is 0 Å². The minimum absolute atomic E-state index is 0.167. The summed E-state index contributed by atoms with van der Waals surface area (Å²) in [6, 6.07) is 0. The Balaban J connectivity index is 0. The van der Waals surface area contributed by atoms with Crippen LogP contribution in [0.1, 0.15) is 0 Å². The molecule has 0 radical (unpaired) electrons. The van der Waals surface area contributed by atoms with E-state index in [-0.39, 0.29) is 8.52 Å². The van der Waals surface area contributed by atoms with Gasteiger partial charge in [0.15, 0.2) is 0 Å². The lowest BCUT2D eigenvalue weighted by molar-refractivity contribution is -0.0510. The van der Waals surface area contributed by atoms with Crippen molar-refractivity contribution in [3.8, 4) is 0 Å². The Morgan fingerprint density at radius 3 is 1.55 bits per heavy atom. The summed E-state index contributed by atoms with van der Waals surface area (Å²) in [5, 5.41) is 5.96. The van der Waals surface area contributed by atoms with Gasteiger partial charge in [0.1, 0.15) is 0 Å². The van der Waals surface area contributed by atoms with Crippen LogP contribution in [0, 0.1) is 5.16 Å². The Morgan fingerprint density at radius 2 is 1.55 bits per heavy atom. The van der Waals surface area contributed by atoms with Crippen molar-refractivity contribution in [2.24, 2.45) is 5.50 Å². The lowest BCUT2D eigenvalue weighted by atomic mass is 11.6. The maximum absolute atomic E-state index is 10.7. The van der Waals surface area contributed by atoms with Crippen LogP contribution < -0.4 is 5.50 Å². The van der Waals surface area contributed by atoms with E-state index in [0.29, 0.717) is 0 Å². The average molecular weight is 212 g/mol. The molecule has 0 saturated carbocycles. The molecule has 0 aliphatic rings. The van der Waals surface area contributed by atoms with Crippen molar-refractivity contribution in [2.75, 3.05) is 0 Å². The summed E-state index contributed by atoms with van der Waals surface area (Å²) >= 11 is 0. The second-order valence-electron chi connectivity index (χ2n) is 1.05. The Kier molecular flexibility index (Phi) is 5.59. The summed E-state index contributed by atoms with van der Waals surface area (Å²) in [6.07, 6.45) is 0. The average Bonchev–Trinajstić information content (AvgIpc) is 1.60. The van der Waals surface area contributed by atoms with Crippen molar-refractivity contribution in [1.82, 2.24) is 0 Å². The standard InChI is InChI=1S/CHF3O3S.H3N2P/c2-1(3,4)8(5,6)7;1-3-2/h(H,5,6,7);(H3,1,2). The van der Waals surface area contributed by atoms with Crippen molar-refractivity contribution in [2.45, 2.75) is 5.51 Å². The summed E-state index contributed by atoms with van der Waals surface area (Å²) in [5.41, 5.74) is -1.05. The fraction of sp³-hybridized carbons (Fsp3) is 1.00. The van der Waals surface area contributed by atoms with Crippen LogP contribution >= 0.6 is 8.52 Å². The molecule has 0 atom stereocenters. The number of nitrogens with two attached hydrogens (primary N) is 1. The largest absolute Gasteiger partial charge is 0.522 e. The first-order valence-electron chi connectivity index (χ1n) is 1.77. The van der Waals surface area contributed by atoms with E-state index in [0.717, 1.165) is 0 Å². The van der Waals surface area contributed by atoms with E-state index in [9.17, 15) is 13.2 Å². The molecule has 0 spiro atoms. The number of alkyl halides is 3. The number of halogens is 3.